The Balaban J connectivity index is 1.09. The summed E-state index contributed by atoms with van der Waals surface area (Å²) in [6.45, 7) is 0. The van der Waals surface area contributed by atoms with Gasteiger partial charge in [-0.3, -0.25) is 0 Å². The molecule has 1 heterocycles. The second-order valence-corrected chi connectivity index (χ2v) is 18.6. The lowest BCUT2D eigenvalue weighted by atomic mass is 9.67. The molecule has 0 saturated carbocycles. The maximum Gasteiger partial charge on any atom is 0.0714 e. The van der Waals surface area contributed by atoms with Crippen molar-refractivity contribution in [1.29, 1.82) is 0 Å². The first-order valence-electron chi connectivity index (χ1n) is 22.8. The van der Waals surface area contributed by atoms with Crippen LogP contribution in [-0.4, -0.2) is 0 Å². The van der Waals surface area contributed by atoms with Crippen LogP contribution in [0.25, 0.3) is 42.8 Å². The highest BCUT2D eigenvalue weighted by Gasteiger charge is 2.48. The first-order valence-corrected chi connectivity index (χ1v) is 23.6. The smallest absolute Gasteiger partial charge is 0.0714 e. The third kappa shape index (κ3) is 5.65. The molecule has 0 bridgehead atoms. The fourth-order valence-corrected chi connectivity index (χ4v) is 12.6. The molecule has 0 atom stereocenters. The summed E-state index contributed by atoms with van der Waals surface area (Å²) in [5.74, 6) is 0. The highest BCUT2D eigenvalue weighted by molar-refractivity contribution is 7.22. The van der Waals surface area contributed by atoms with E-state index in [2.05, 4.69) is 266 Å². The summed E-state index contributed by atoms with van der Waals surface area (Å²) in [4.78, 5) is 3.78. The van der Waals surface area contributed by atoms with Crippen molar-refractivity contribution in [3.05, 3.63) is 305 Å². The highest BCUT2D eigenvalue weighted by atomic mass is 32.1. The molecule has 0 amide bonds. The molecule has 10 aromatic carbocycles. The number of hydrogen-bond acceptors (Lipinski definition) is 2. The molecule has 0 saturated heterocycles. The van der Waals surface area contributed by atoms with Crippen molar-refractivity contribution in [2.24, 2.45) is 0 Å². The Morgan fingerprint density at radius 2 is 0.652 bits per heavy atom. The molecule has 0 N–H and O–H groups in total. The van der Waals surface area contributed by atoms with Crippen LogP contribution < -0.4 is 4.90 Å². The molecule has 0 spiro atoms. The minimum absolute atomic E-state index is 0.534. The Labute approximate surface area is 390 Å². The van der Waals surface area contributed by atoms with Gasteiger partial charge in [-0.15, -0.1) is 11.3 Å². The van der Waals surface area contributed by atoms with Gasteiger partial charge in [0.05, 0.1) is 10.8 Å². The van der Waals surface area contributed by atoms with Crippen molar-refractivity contribution < 1.29 is 0 Å². The molecule has 0 radical (unpaired) electrons. The van der Waals surface area contributed by atoms with Crippen LogP contribution in [0.2, 0.25) is 0 Å². The van der Waals surface area contributed by atoms with Gasteiger partial charge in [-0.05, 0) is 120 Å². The van der Waals surface area contributed by atoms with Gasteiger partial charge in [0, 0.05) is 26.6 Å². The van der Waals surface area contributed by atoms with Crippen LogP contribution in [0.1, 0.15) is 44.5 Å². The van der Waals surface area contributed by atoms with E-state index in [1.54, 1.807) is 0 Å². The zero-order chi connectivity index (χ0) is 43.7. The van der Waals surface area contributed by atoms with Gasteiger partial charge >= 0.3 is 0 Å². The van der Waals surface area contributed by atoms with Gasteiger partial charge in [0.25, 0.3) is 0 Å². The van der Waals surface area contributed by atoms with E-state index in [9.17, 15) is 0 Å². The minimum Gasteiger partial charge on any atom is -0.310 e. The second-order valence-electron chi connectivity index (χ2n) is 17.5. The predicted molar refractivity (Wildman–Crippen MR) is 277 cm³/mol. The summed E-state index contributed by atoms with van der Waals surface area (Å²) in [5, 5.41) is 1.25. The van der Waals surface area contributed by atoms with Crippen molar-refractivity contribution in [2.75, 3.05) is 4.90 Å². The minimum atomic E-state index is -0.534. The Morgan fingerprint density at radius 3 is 1.11 bits per heavy atom. The van der Waals surface area contributed by atoms with Gasteiger partial charge in [-0.2, -0.15) is 0 Å². The summed E-state index contributed by atoms with van der Waals surface area (Å²) in [6.07, 6.45) is 0. The average molecular weight is 858 g/mol. The van der Waals surface area contributed by atoms with Gasteiger partial charge in [0.1, 0.15) is 0 Å². The zero-order valence-electron chi connectivity index (χ0n) is 36.2. The third-order valence-electron chi connectivity index (χ3n) is 14.2. The Morgan fingerprint density at radius 1 is 0.288 bits per heavy atom. The van der Waals surface area contributed by atoms with Crippen LogP contribution in [0, 0.1) is 0 Å². The van der Waals surface area contributed by atoms with Crippen molar-refractivity contribution in [3.8, 4) is 32.7 Å². The number of fused-ring (bicyclic) bond motifs is 7. The number of nitrogens with zero attached hydrogens (tertiary/aromatic N) is 1. The lowest BCUT2D eigenvalue weighted by molar-refractivity contribution is 0.767. The molecule has 0 aliphatic heterocycles. The molecule has 11 aromatic rings. The van der Waals surface area contributed by atoms with E-state index < -0.39 is 10.8 Å². The van der Waals surface area contributed by atoms with E-state index in [0.29, 0.717) is 0 Å². The van der Waals surface area contributed by atoms with Crippen LogP contribution in [0.5, 0.6) is 0 Å². The first kappa shape index (κ1) is 38.4. The van der Waals surface area contributed by atoms with E-state index in [1.807, 2.05) is 11.3 Å². The quantitative estimate of drug-likeness (QED) is 0.147. The van der Waals surface area contributed by atoms with Crippen LogP contribution in [0.4, 0.5) is 17.1 Å². The predicted octanol–water partition coefficient (Wildman–Crippen LogP) is 16.8. The topological polar surface area (TPSA) is 3.24 Å². The molecule has 1 aromatic heterocycles. The molecule has 13 rings (SSSR count). The van der Waals surface area contributed by atoms with Crippen molar-refractivity contribution >= 4 is 38.5 Å². The molecule has 2 aliphatic rings. The average Bonchev–Trinajstić information content (AvgIpc) is 4.05. The summed E-state index contributed by atoms with van der Waals surface area (Å²) in [5.41, 5.74) is 18.8. The Kier molecular flexibility index (Phi) is 8.91. The fourth-order valence-electron chi connectivity index (χ4n) is 11.5. The SMILES string of the molecule is c1ccc(-c2cc3ccc(N(c4ccc5c(c4)C(c4ccccc4)(c4ccccc4)c4ccccc4-5)c4ccc5c(c4)C(c4ccccc4)(c4ccccc4)c4ccccc4-5)cc3s2)cc1. The number of hydrogen-bond donors (Lipinski definition) is 0. The number of rotatable bonds is 8. The van der Waals surface area contributed by atoms with Crippen LogP contribution in [0.15, 0.2) is 261 Å². The largest absolute Gasteiger partial charge is 0.310 e. The summed E-state index contributed by atoms with van der Waals surface area (Å²) < 4.78 is 1.25. The van der Waals surface area contributed by atoms with Gasteiger partial charge in [0.15, 0.2) is 0 Å². The van der Waals surface area contributed by atoms with Crippen molar-refractivity contribution in [3.63, 3.8) is 0 Å². The molecule has 1 nitrogen and oxygen atoms in total. The third-order valence-corrected chi connectivity index (χ3v) is 15.4. The van der Waals surface area contributed by atoms with Crippen LogP contribution >= 0.6 is 11.3 Å². The van der Waals surface area contributed by atoms with Crippen LogP contribution in [0.3, 0.4) is 0 Å². The number of anilines is 3. The van der Waals surface area contributed by atoms with E-state index in [4.69, 9.17) is 0 Å². The maximum atomic E-state index is 2.51. The highest BCUT2D eigenvalue weighted by Crippen LogP contribution is 2.59. The van der Waals surface area contributed by atoms with Gasteiger partial charge in [-0.1, -0.05) is 218 Å². The second kappa shape index (κ2) is 15.3. The molecule has 2 aliphatic carbocycles. The fraction of sp³-hybridized carbons (Fsp3) is 0.0312. The maximum absolute atomic E-state index is 2.51. The zero-order valence-corrected chi connectivity index (χ0v) is 37.0. The van der Waals surface area contributed by atoms with E-state index >= 15 is 0 Å². The molecular weight excluding hydrogens is 815 g/mol. The number of benzene rings is 10. The van der Waals surface area contributed by atoms with E-state index in [1.165, 1.54) is 87.3 Å². The summed E-state index contributed by atoms with van der Waals surface area (Å²) in [7, 11) is 0. The molecular formula is C64H43NS. The van der Waals surface area contributed by atoms with Gasteiger partial charge < -0.3 is 4.90 Å². The summed E-state index contributed by atoms with van der Waals surface area (Å²) in [6, 6.07) is 97.1. The van der Waals surface area contributed by atoms with E-state index in [0.717, 1.165) is 17.1 Å². The lowest BCUT2D eigenvalue weighted by Gasteiger charge is -2.36. The van der Waals surface area contributed by atoms with Crippen molar-refractivity contribution in [1.82, 2.24) is 0 Å². The molecule has 66 heavy (non-hydrogen) atoms. The Bertz CT molecular complexity index is 3320. The van der Waals surface area contributed by atoms with Crippen LogP contribution in [-0.2, 0) is 10.8 Å². The van der Waals surface area contributed by atoms with Gasteiger partial charge in [-0.25, -0.2) is 0 Å². The normalized spacial score (nSPS) is 13.7. The number of thiophene rings is 1. The molecule has 0 fully saturated rings. The lowest BCUT2D eigenvalue weighted by Crippen LogP contribution is -2.29. The summed E-state index contributed by atoms with van der Waals surface area (Å²) >= 11 is 1.86. The molecule has 0 unspecified atom stereocenters. The van der Waals surface area contributed by atoms with Gasteiger partial charge in [0.2, 0.25) is 0 Å². The molecule has 310 valence electrons. The van der Waals surface area contributed by atoms with Crippen molar-refractivity contribution in [2.45, 2.75) is 10.8 Å². The standard InChI is InChI=1S/C64H43NS/c1-6-20-44(21-7-1)61-40-45-34-35-52(43-62(45)66-61)65(50-36-38-55-53-30-16-18-32-57(53)63(59(55)41-50,46-22-8-2-9-23-46)47-24-10-3-11-25-47)51-37-39-56-54-31-17-19-33-58(54)64(60(56)42-51,48-26-12-4-13-27-48)49-28-14-5-15-29-49/h1-43H. The molecule has 2 heteroatoms. The Hall–Kier alpha value is -8.04. The first-order chi connectivity index (χ1) is 32.7. The monoisotopic (exact) mass is 857 g/mol. The van der Waals surface area contributed by atoms with E-state index in [-0.39, 0.29) is 0 Å².